The fraction of sp³-hybridized carbons (Fsp3) is 0.227. The maximum atomic E-state index is 13.7. The predicted molar refractivity (Wildman–Crippen MR) is 105 cm³/mol. The van der Waals surface area contributed by atoms with Crippen LogP contribution in [0.15, 0.2) is 42.5 Å². The first-order valence-corrected chi connectivity index (χ1v) is 8.98. The molecule has 0 fully saturated rings. The molecular formula is C22H22F2N2O2. The van der Waals surface area contributed by atoms with E-state index in [-0.39, 0.29) is 0 Å². The van der Waals surface area contributed by atoms with Gasteiger partial charge < -0.3 is 15.0 Å². The SMILES string of the molecule is CCc1c(-c2ccccc2OC)c(C(N)=O)c(C)n1Cc1ccc(F)c(F)c1. The molecule has 3 rings (SSSR count). The number of hydrogen-bond acceptors (Lipinski definition) is 2. The van der Waals surface area contributed by atoms with Gasteiger partial charge in [-0.15, -0.1) is 0 Å². The van der Waals surface area contributed by atoms with Crippen LogP contribution in [0.2, 0.25) is 0 Å². The molecule has 0 saturated heterocycles. The van der Waals surface area contributed by atoms with Gasteiger partial charge in [-0.3, -0.25) is 4.79 Å². The fourth-order valence-corrected chi connectivity index (χ4v) is 3.64. The van der Waals surface area contributed by atoms with E-state index >= 15 is 0 Å². The number of carbonyl (C=O) groups is 1. The van der Waals surface area contributed by atoms with Gasteiger partial charge in [-0.05, 0) is 37.1 Å². The molecule has 0 saturated carbocycles. The Labute approximate surface area is 162 Å². The van der Waals surface area contributed by atoms with Crippen molar-refractivity contribution in [3.05, 3.63) is 76.6 Å². The summed E-state index contributed by atoms with van der Waals surface area (Å²) < 4.78 is 34.4. The second-order valence-electron chi connectivity index (χ2n) is 6.53. The van der Waals surface area contributed by atoms with E-state index in [9.17, 15) is 13.6 Å². The molecule has 28 heavy (non-hydrogen) atoms. The summed E-state index contributed by atoms with van der Waals surface area (Å²) in [4.78, 5) is 12.3. The Kier molecular flexibility index (Phi) is 5.49. The van der Waals surface area contributed by atoms with E-state index < -0.39 is 17.5 Å². The number of amides is 1. The molecule has 0 atom stereocenters. The second-order valence-corrected chi connectivity index (χ2v) is 6.53. The Hall–Kier alpha value is -3.15. The van der Waals surface area contributed by atoms with E-state index in [2.05, 4.69) is 0 Å². The van der Waals surface area contributed by atoms with Gasteiger partial charge in [0.1, 0.15) is 5.75 Å². The molecule has 0 spiro atoms. The minimum atomic E-state index is -0.902. The number of halogens is 2. The number of nitrogens with zero attached hydrogens (tertiary/aromatic N) is 1. The Morgan fingerprint density at radius 1 is 1.14 bits per heavy atom. The van der Waals surface area contributed by atoms with E-state index in [1.54, 1.807) is 14.0 Å². The molecule has 0 aliphatic carbocycles. The predicted octanol–water partition coefficient (Wildman–Crippen LogP) is 4.46. The van der Waals surface area contributed by atoms with Crippen molar-refractivity contribution in [2.75, 3.05) is 7.11 Å². The van der Waals surface area contributed by atoms with E-state index in [0.717, 1.165) is 17.3 Å². The van der Waals surface area contributed by atoms with Crippen LogP contribution < -0.4 is 10.5 Å². The Morgan fingerprint density at radius 2 is 1.86 bits per heavy atom. The van der Waals surface area contributed by atoms with Crippen LogP contribution in [-0.4, -0.2) is 17.6 Å². The molecule has 146 valence electrons. The molecule has 0 radical (unpaired) electrons. The van der Waals surface area contributed by atoms with Crippen LogP contribution in [0.3, 0.4) is 0 Å². The average Bonchev–Trinajstić information content (AvgIpc) is 2.96. The first-order valence-electron chi connectivity index (χ1n) is 8.98. The zero-order chi connectivity index (χ0) is 20.4. The van der Waals surface area contributed by atoms with Gasteiger partial charge >= 0.3 is 0 Å². The molecule has 0 aliphatic heterocycles. The van der Waals surface area contributed by atoms with Gasteiger partial charge in [0, 0.05) is 29.1 Å². The van der Waals surface area contributed by atoms with Crippen LogP contribution in [0.5, 0.6) is 5.75 Å². The van der Waals surface area contributed by atoms with Crippen LogP contribution in [0.25, 0.3) is 11.1 Å². The summed E-state index contributed by atoms with van der Waals surface area (Å²) in [6, 6.07) is 11.2. The van der Waals surface area contributed by atoms with Crippen LogP contribution >= 0.6 is 0 Å². The normalized spacial score (nSPS) is 10.9. The molecule has 3 aromatic rings. The van der Waals surface area contributed by atoms with E-state index in [1.165, 1.54) is 12.1 Å². The topological polar surface area (TPSA) is 57.2 Å². The van der Waals surface area contributed by atoms with Crippen molar-refractivity contribution in [2.24, 2.45) is 5.73 Å². The molecule has 0 unspecified atom stereocenters. The maximum absolute atomic E-state index is 13.7. The number of methoxy groups -OCH3 is 1. The van der Waals surface area contributed by atoms with Crippen molar-refractivity contribution in [3.8, 4) is 16.9 Å². The summed E-state index contributed by atoms with van der Waals surface area (Å²) in [6.07, 6.45) is 0.616. The third kappa shape index (κ3) is 3.38. The summed E-state index contributed by atoms with van der Waals surface area (Å²) in [5.74, 6) is -1.71. The fourth-order valence-electron chi connectivity index (χ4n) is 3.64. The first kappa shape index (κ1) is 19.6. The summed E-state index contributed by atoms with van der Waals surface area (Å²) in [5, 5.41) is 0. The zero-order valence-corrected chi connectivity index (χ0v) is 16.1. The van der Waals surface area contributed by atoms with Gasteiger partial charge in [0.05, 0.1) is 12.7 Å². The molecule has 4 nitrogen and oxygen atoms in total. The van der Waals surface area contributed by atoms with Crippen molar-refractivity contribution in [1.29, 1.82) is 0 Å². The highest BCUT2D eigenvalue weighted by molar-refractivity contribution is 6.03. The van der Waals surface area contributed by atoms with Crippen molar-refractivity contribution < 1.29 is 18.3 Å². The van der Waals surface area contributed by atoms with E-state index in [4.69, 9.17) is 10.5 Å². The molecule has 2 aromatic carbocycles. The Bertz CT molecular complexity index is 1040. The van der Waals surface area contributed by atoms with Gasteiger partial charge in [0.15, 0.2) is 11.6 Å². The summed E-state index contributed by atoms with van der Waals surface area (Å²) in [5.41, 5.74) is 9.75. The molecule has 0 bridgehead atoms. The number of nitrogens with two attached hydrogens (primary N) is 1. The minimum Gasteiger partial charge on any atom is -0.496 e. The highest BCUT2D eigenvalue weighted by Crippen LogP contribution is 2.38. The standard InChI is InChI=1S/C22H22F2N2O2/c1-4-18-21(15-7-5-6-8-19(15)28-3)20(22(25)27)13(2)26(18)12-14-9-10-16(23)17(24)11-14/h5-11H,4,12H2,1-3H3,(H2,25,27). The molecule has 6 heteroatoms. The van der Waals surface area contributed by atoms with Crippen LogP contribution in [-0.2, 0) is 13.0 Å². The Balaban J connectivity index is 2.24. The monoisotopic (exact) mass is 384 g/mol. The molecule has 1 aromatic heterocycles. The van der Waals surface area contributed by atoms with Crippen LogP contribution in [0.1, 0.15) is 34.2 Å². The number of benzene rings is 2. The van der Waals surface area contributed by atoms with Gasteiger partial charge in [0.2, 0.25) is 0 Å². The third-order valence-electron chi connectivity index (χ3n) is 4.91. The number of ether oxygens (including phenoxy) is 1. The molecule has 1 amide bonds. The van der Waals surface area contributed by atoms with Crippen LogP contribution in [0, 0.1) is 18.6 Å². The maximum Gasteiger partial charge on any atom is 0.251 e. The third-order valence-corrected chi connectivity index (χ3v) is 4.91. The number of hydrogen-bond donors (Lipinski definition) is 1. The van der Waals surface area contributed by atoms with E-state index in [1.807, 2.05) is 35.8 Å². The van der Waals surface area contributed by atoms with Gasteiger partial charge in [-0.1, -0.05) is 31.2 Å². The molecule has 2 N–H and O–H groups in total. The number of para-hydroxylation sites is 1. The number of carbonyl (C=O) groups excluding carboxylic acids is 1. The highest BCUT2D eigenvalue weighted by atomic mass is 19.2. The van der Waals surface area contributed by atoms with Crippen molar-refractivity contribution in [3.63, 3.8) is 0 Å². The van der Waals surface area contributed by atoms with Gasteiger partial charge in [-0.25, -0.2) is 8.78 Å². The Morgan fingerprint density at radius 3 is 2.46 bits per heavy atom. The lowest BCUT2D eigenvalue weighted by Crippen LogP contribution is -2.14. The minimum absolute atomic E-state index is 0.293. The molecule has 1 heterocycles. The smallest absolute Gasteiger partial charge is 0.251 e. The van der Waals surface area contributed by atoms with Crippen molar-refractivity contribution >= 4 is 5.91 Å². The lowest BCUT2D eigenvalue weighted by atomic mass is 9.98. The first-order chi connectivity index (χ1) is 13.4. The van der Waals surface area contributed by atoms with Gasteiger partial charge in [-0.2, -0.15) is 0 Å². The molecular weight excluding hydrogens is 362 g/mol. The molecule has 0 aliphatic rings. The lowest BCUT2D eigenvalue weighted by Gasteiger charge is -2.13. The highest BCUT2D eigenvalue weighted by Gasteiger charge is 2.25. The average molecular weight is 384 g/mol. The lowest BCUT2D eigenvalue weighted by molar-refractivity contribution is 0.1000. The summed E-state index contributed by atoms with van der Waals surface area (Å²) in [7, 11) is 1.57. The van der Waals surface area contributed by atoms with Crippen molar-refractivity contribution in [1.82, 2.24) is 4.57 Å². The van der Waals surface area contributed by atoms with Crippen LogP contribution in [0.4, 0.5) is 8.78 Å². The number of aromatic nitrogens is 1. The number of primary amides is 1. The largest absolute Gasteiger partial charge is 0.496 e. The van der Waals surface area contributed by atoms with E-state index in [0.29, 0.717) is 41.1 Å². The summed E-state index contributed by atoms with van der Waals surface area (Å²) in [6.45, 7) is 4.07. The quantitative estimate of drug-likeness (QED) is 0.682. The number of rotatable bonds is 6. The van der Waals surface area contributed by atoms with Crippen molar-refractivity contribution in [2.45, 2.75) is 26.8 Å². The summed E-state index contributed by atoms with van der Waals surface area (Å²) >= 11 is 0. The zero-order valence-electron chi connectivity index (χ0n) is 16.1. The second kappa shape index (κ2) is 7.84. The van der Waals surface area contributed by atoms with Gasteiger partial charge in [0.25, 0.3) is 5.91 Å².